The van der Waals surface area contributed by atoms with E-state index < -0.39 is 11.8 Å². The van der Waals surface area contributed by atoms with Crippen LogP contribution < -0.4 is 4.74 Å². The molecule has 0 radical (unpaired) electrons. The van der Waals surface area contributed by atoms with Crippen LogP contribution in [0, 0.1) is 17.1 Å². The van der Waals surface area contributed by atoms with Gasteiger partial charge in [-0.3, -0.25) is 0 Å². The summed E-state index contributed by atoms with van der Waals surface area (Å²) in [6.07, 6.45) is 1.72. The van der Waals surface area contributed by atoms with Crippen LogP contribution in [0.5, 0.6) is 5.75 Å². The summed E-state index contributed by atoms with van der Waals surface area (Å²) >= 11 is 0. The van der Waals surface area contributed by atoms with Gasteiger partial charge in [-0.2, -0.15) is 5.26 Å². The van der Waals surface area contributed by atoms with E-state index in [-0.39, 0.29) is 5.56 Å². The van der Waals surface area contributed by atoms with E-state index in [1.807, 2.05) is 30.3 Å². The molecule has 0 aromatic heterocycles. The Kier molecular flexibility index (Phi) is 5.21. The van der Waals surface area contributed by atoms with Gasteiger partial charge in [0.05, 0.1) is 17.2 Å². The molecule has 3 nitrogen and oxygen atoms in total. The number of hydrogen-bond donors (Lipinski definition) is 0. The monoisotopic (exact) mass is 343 g/mol. The van der Waals surface area contributed by atoms with Gasteiger partial charge in [0.2, 0.25) is 0 Å². The zero-order valence-corrected chi connectivity index (χ0v) is 13.7. The lowest BCUT2D eigenvalue weighted by Crippen LogP contribution is -2.08. The number of nitrogens with zero attached hydrogens (tertiary/aromatic N) is 1. The fourth-order valence-corrected chi connectivity index (χ4v) is 2.41. The summed E-state index contributed by atoms with van der Waals surface area (Å²) in [6.45, 7) is 0. The Labute approximate surface area is 150 Å². The first-order chi connectivity index (χ1) is 12.7. The SMILES string of the molecule is N#C/C(=C/c1cccc(OC(=O)c2cccc(F)c2)c1)c1ccccc1. The lowest BCUT2D eigenvalue weighted by molar-refractivity contribution is 0.0734. The molecule has 0 spiro atoms. The minimum absolute atomic E-state index is 0.132. The van der Waals surface area contributed by atoms with Crippen molar-refractivity contribution in [1.82, 2.24) is 0 Å². The first kappa shape index (κ1) is 17.1. The van der Waals surface area contributed by atoms with E-state index in [9.17, 15) is 14.4 Å². The summed E-state index contributed by atoms with van der Waals surface area (Å²) in [6, 6.07) is 23.6. The van der Waals surface area contributed by atoms with E-state index in [4.69, 9.17) is 4.74 Å². The standard InChI is InChI=1S/C22H14FNO2/c23-20-10-5-9-18(14-20)22(25)26-21-11-4-6-16(13-21)12-19(15-24)17-7-2-1-3-8-17/h1-14H/b19-12-. The Balaban J connectivity index is 1.83. The van der Waals surface area contributed by atoms with Crippen LogP contribution in [0.3, 0.4) is 0 Å². The Morgan fingerprint density at radius 1 is 0.923 bits per heavy atom. The number of carbonyl (C=O) groups is 1. The quantitative estimate of drug-likeness (QED) is 0.286. The van der Waals surface area contributed by atoms with Crippen LogP contribution in [0.4, 0.5) is 4.39 Å². The van der Waals surface area contributed by atoms with Gasteiger partial charge in [0, 0.05) is 0 Å². The van der Waals surface area contributed by atoms with Gasteiger partial charge >= 0.3 is 5.97 Å². The topological polar surface area (TPSA) is 50.1 Å². The predicted octanol–water partition coefficient (Wildman–Crippen LogP) is 5.11. The maximum Gasteiger partial charge on any atom is 0.343 e. The molecule has 126 valence electrons. The third kappa shape index (κ3) is 4.22. The van der Waals surface area contributed by atoms with Crippen molar-refractivity contribution in [1.29, 1.82) is 5.26 Å². The van der Waals surface area contributed by atoms with Crippen molar-refractivity contribution in [2.45, 2.75) is 0 Å². The molecule has 3 aromatic carbocycles. The molecule has 0 atom stereocenters. The molecule has 0 aliphatic heterocycles. The lowest BCUT2D eigenvalue weighted by Gasteiger charge is -2.06. The molecule has 0 N–H and O–H groups in total. The lowest BCUT2D eigenvalue weighted by atomic mass is 10.0. The van der Waals surface area contributed by atoms with Gasteiger partial charge in [-0.15, -0.1) is 0 Å². The Morgan fingerprint density at radius 2 is 1.65 bits per heavy atom. The minimum Gasteiger partial charge on any atom is -0.423 e. The summed E-state index contributed by atoms with van der Waals surface area (Å²) in [7, 11) is 0. The number of esters is 1. The highest BCUT2D eigenvalue weighted by Gasteiger charge is 2.10. The average Bonchev–Trinajstić information content (AvgIpc) is 2.67. The fourth-order valence-electron chi connectivity index (χ4n) is 2.41. The van der Waals surface area contributed by atoms with Crippen LogP contribution in [0.2, 0.25) is 0 Å². The van der Waals surface area contributed by atoms with Gasteiger partial charge in [0.25, 0.3) is 0 Å². The number of carbonyl (C=O) groups excluding carboxylic acids is 1. The molecule has 0 unspecified atom stereocenters. The first-order valence-electron chi connectivity index (χ1n) is 7.91. The van der Waals surface area contributed by atoms with E-state index in [1.165, 1.54) is 18.2 Å². The van der Waals surface area contributed by atoms with Crippen LogP contribution in [0.25, 0.3) is 11.6 Å². The number of halogens is 1. The molecule has 0 saturated heterocycles. The molecule has 0 saturated carbocycles. The molecule has 3 rings (SSSR count). The van der Waals surface area contributed by atoms with Crippen molar-refractivity contribution >= 4 is 17.6 Å². The zero-order valence-electron chi connectivity index (χ0n) is 13.7. The molecule has 0 aliphatic rings. The number of nitriles is 1. The van der Waals surface area contributed by atoms with Crippen molar-refractivity contribution < 1.29 is 13.9 Å². The maximum absolute atomic E-state index is 13.2. The van der Waals surface area contributed by atoms with Crippen molar-refractivity contribution in [2.75, 3.05) is 0 Å². The molecular formula is C22H14FNO2. The van der Waals surface area contributed by atoms with Gasteiger partial charge < -0.3 is 4.74 Å². The highest BCUT2D eigenvalue weighted by Crippen LogP contribution is 2.21. The third-order valence-corrected chi connectivity index (χ3v) is 3.65. The number of hydrogen-bond acceptors (Lipinski definition) is 3. The average molecular weight is 343 g/mol. The summed E-state index contributed by atoms with van der Waals surface area (Å²) in [5, 5.41) is 9.39. The minimum atomic E-state index is -0.644. The predicted molar refractivity (Wildman–Crippen MR) is 97.7 cm³/mol. The highest BCUT2D eigenvalue weighted by atomic mass is 19.1. The molecule has 4 heteroatoms. The molecule has 0 aliphatic carbocycles. The maximum atomic E-state index is 13.2. The smallest absolute Gasteiger partial charge is 0.343 e. The second-order valence-corrected chi connectivity index (χ2v) is 5.51. The van der Waals surface area contributed by atoms with Gasteiger partial charge in [-0.25, -0.2) is 9.18 Å². The van der Waals surface area contributed by atoms with Crippen molar-refractivity contribution in [3.05, 3.63) is 101 Å². The number of rotatable bonds is 4. The van der Waals surface area contributed by atoms with Crippen molar-refractivity contribution in [3.8, 4) is 11.8 Å². The normalized spacial score (nSPS) is 10.8. The van der Waals surface area contributed by atoms with E-state index in [2.05, 4.69) is 6.07 Å². The van der Waals surface area contributed by atoms with E-state index in [1.54, 1.807) is 30.3 Å². The molecule has 0 bridgehead atoms. The van der Waals surface area contributed by atoms with E-state index in [0.717, 1.165) is 17.2 Å². The summed E-state index contributed by atoms with van der Waals surface area (Å²) in [5.41, 5.74) is 2.15. The zero-order chi connectivity index (χ0) is 18.4. The fraction of sp³-hybridized carbons (Fsp3) is 0. The molecular weight excluding hydrogens is 329 g/mol. The largest absolute Gasteiger partial charge is 0.423 e. The van der Waals surface area contributed by atoms with Gasteiger partial charge in [-0.1, -0.05) is 48.5 Å². The van der Waals surface area contributed by atoms with Crippen LogP contribution in [0.15, 0.2) is 78.9 Å². The van der Waals surface area contributed by atoms with Crippen LogP contribution >= 0.6 is 0 Å². The number of benzene rings is 3. The Bertz CT molecular complexity index is 1000. The number of allylic oxidation sites excluding steroid dienone is 1. The van der Waals surface area contributed by atoms with E-state index >= 15 is 0 Å². The second kappa shape index (κ2) is 7.91. The Hall–Kier alpha value is -3.71. The van der Waals surface area contributed by atoms with Crippen molar-refractivity contribution in [2.24, 2.45) is 0 Å². The first-order valence-corrected chi connectivity index (χ1v) is 7.91. The van der Waals surface area contributed by atoms with Gasteiger partial charge in [-0.05, 0) is 47.5 Å². The highest BCUT2D eigenvalue weighted by molar-refractivity contribution is 5.92. The van der Waals surface area contributed by atoms with Crippen LogP contribution in [-0.4, -0.2) is 5.97 Å². The van der Waals surface area contributed by atoms with Crippen LogP contribution in [-0.2, 0) is 0 Å². The second-order valence-electron chi connectivity index (χ2n) is 5.51. The molecule has 0 fully saturated rings. The summed E-state index contributed by atoms with van der Waals surface area (Å²) in [4.78, 5) is 12.1. The third-order valence-electron chi connectivity index (χ3n) is 3.65. The summed E-state index contributed by atoms with van der Waals surface area (Å²) in [5.74, 6) is -0.829. The van der Waals surface area contributed by atoms with E-state index in [0.29, 0.717) is 11.3 Å². The Morgan fingerprint density at radius 3 is 2.38 bits per heavy atom. The van der Waals surface area contributed by atoms with Gasteiger partial charge in [0.1, 0.15) is 11.6 Å². The van der Waals surface area contributed by atoms with Gasteiger partial charge in [0.15, 0.2) is 0 Å². The summed E-state index contributed by atoms with van der Waals surface area (Å²) < 4.78 is 18.5. The molecule has 3 aromatic rings. The van der Waals surface area contributed by atoms with Crippen LogP contribution in [0.1, 0.15) is 21.5 Å². The molecule has 0 heterocycles. The number of ether oxygens (including phenoxy) is 1. The molecule has 0 amide bonds. The molecule has 26 heavy (non-hydrogen) atoms. The van der Waals surface area contributed by atoms with Crippen molar-refractivity contribution in [3.63, 3.8) is 0 Å².